The minimum absolute atomic E-state index is 0.106. The number of hydrogen-bond acceptors (Lipinski definition) is 15. The molecule has 0 aromatic carbocycles. The predicted molar refractivity (Wildman–Crippen MR) is 386 cm³/mol. The maximum absolute atomic E-state index is 13.1. The molecule has 7 atom stereocenters. The second kappa shape index (κ2) is 65.4. The highest BCUT2D eigenvalue weighted by Gasteiger charge is 2.30. The molecular weight excluding hydrogens is 1250 g/mol. The second-order valence-corrected chi connectivity index (χ2v) is 31.7. The van der Waals surface area contributed by atoms with E-state index in [1.54, 1.807) is 0 Å². The van der Waals surface area contributed by atoms with Gasteiger partial charge in [0.2, 0.25) is 0 Å². The monoisotopic (exact) mass is 1400 g/mol. The normalized spacial score (nSPS) is 14.7. The van der Waals surface area contributed by atoms with Crippen LogP contribution in [0.5, 0.6) is 0 Å². The molecule has 0 aliphatic carbocycles. The first-order valence-corrected chi connectivity index (χ1v) is 42.3. The Morgan fingerprint density at radius 1 is 0.295 bits per heavy atom. The van der Waals surface area contributed by atoms with Crippen LogP contribution in [0.1, 0.15) is 383 Å². The van der Waals surface area contributed by atoms with Gasteiger partial charge in [0, 0.05) is 25.7 Å². The van der Waals surface area contributed by atoms with E-state index in [0.29, 0.717) is 25.7 Å². The average molecular weight is 1400 g/mol. The lowest BCUT2D eigenvalue weighted by Crippen LogP contribution is -2.30. The molecule has 4 unspecified atom stereocenters. The molecule has 0 aromatic heterocycles. The van der Waals surface area contributed by atoms with Crippen molar-refractivity contribution in [2.75, 3.05) is 39.6 Å². The fourth-order valence-corrected chi connectivity index (χ4v) is 13.1. The molecule has 0 rings (SSSR count). The summed E-state index contributed by atoms with van der Waals surface area (Å²) < 4.78 is 68.5. The summed E-state index contributed by atoms with van der Waals surface area (Å²) in [7, 11) is -9.91. The Hall–Kier alpha value is -1.94. The Balaban J connectivity index is 5.25. The van der Waals surface area contributed by atoms with Crippen molar-refractivity contribution >= 4 is 39.5 Å². The van der Waals surface area contributed by atoms with Gasteiger partial charge in [-0.05, 0) is 49.4 Å². The molecule has 0 radical (unpaired) electrons. The minimum atomic E-state index is -4.96. The number of carbonyl (C=O) groups excluding carboxylic acids is 4. The zero-order valence-electron chi connectivity index (χ0n) is 62.3. The molecule has 0 amide bonds. The SMILES string of the molecule is CCC(C)CCCCCCCCCCC(=O)OC[C@H](COP(=O)(O)OC[C@@H](O)COP(=O)(O)OC[C@@H](COC(=O)CCCCCCCCC(C)CC)OC(=O)CCCCCCCCCCCCCCCC(C)C)OC(=O)CCCCCCCCCCCCCCCCC(C)C. The van der Waals surface area contributed by atoms with Crippen LogP contribution in [0.25, 0.3) is 0 Å². The molecule has 0 aliphatic rings. The van der Waals surface area contributed by atoms with Gasteiger partial charge >= 0.3 is 39.5 Å². The highest BCUT2D eigenvalue weighted by atomic mass is 31.2. The Morgan fingerprint density at radius 2 is 0.505 bits per heavy atom. The number of carbonyl (C=O) groups is 4. The smallest absolute Gasteiger partial charge is 0.462 e. The van der Waals surface area contributed by atoms with Crippen LogP contribution in [0.15, 0.2) is 0 Å². The first kappa shape index (κ1) is 93.1. The topological polar surface area (TPSA) is 237 Å². The van der Waals surface area contributed by atoms with Crippen molar-refractivity contribution in [3.05, 3.63) is 0 Å². The molecule has 0 heterocycles. The number of phosphoric ester groups is 2. The summed E-state index contributed by atoms with van der Waals surface area (Å²) in [5, 5.41) is 10.6. The van der Waals surface area contributed by atoms with Gasteiger partial charge < -0.3 is 33.8 Å². The molecule has 95 heavy (non-hydrogen) atoms. The van der Waals surface area contributed by atoms with Crippen LogP contribution in [0, 0.1) is 23.7 Å². The maximum Gasteiger partial charge on any atom is 0.472 e. The van der Waals surface area contributed by atoms with Crippen LogP contribution >= 0.6 is 15.6 Å². The minimum Gasteiger partial charge on any atom is -0.462 e. The number of esters is 4. The average Bonchev–Trinajstić information content (AvgIpc) is 1.75. The van der Waals surface area contributed by atoms with Gasteiger partial charge in [0.05, 0.1) is 26.4 Å². The molecule has 564 valence electrons. The summed E-state index contributed by atoms with van der Waals surface area (Å²) in [5.41, 5.74) is 0. The van der Waals surface area contributed by atoms with E-state index < -0.39 is 97.5 Å². The third-order valence-corrected chi connectivity index (χ3v) is 20.2. The molecule has 0 saturated carbocycles. The van der Waals surface area contributed by atoms with Crippen molar-refractivity contribution in [3.63, 3.8) is 0 Å². The summed E-state index contributed by atoms with van der Waals surface area (Å²) in [5.74, 6) is 0.968. The third-order valence-electron chi connectivity index (χ3n) is 18.3. The predicted octanol–water partition coefficient (Wildman–Crippen LogP) is 22.0. The summed E-state index contributed by atoms with van der Waals surface area (Å²) in [6.07, 6.45) is 49.9. The van der Waals surface area contributed by atoms with Gasteiger partial charge in [-0.1, -0.05) is 331 Å². The summed E-state index contributed by atoms with van der Waals surface area (Å²) in [6.45, 7) is 14.2. The molecule has 0 saturated heterocycles. The Kier molecular flexibility index (Phi) is 64.0. The van der Waals surface area contributed by atoms with Crippen LogP contribution < -0.4 is 0 Å². The van der Waals surface area contributed by atoms with E-state index in [2.05, 4.69) is 55.4 Å². The lowest BCUT2D eigenvalue weighted by atomic mass is 9.99. The van der Waals surface area contributed by atoms with E-state index >= 15 is 0 Å². The molecule has 19 heteroatoms. The largest absolute Gasteiger partial charge is 0.472 e. The lowest BCUT2D eigenvalue weighted by Gasteiger charge is -2.21. The first-order chi connectivity index (χ1) is 45.7. The Morgan fingerprint density at radius 3 is 0.747 bits per heavy atom. The van der Waals surface area contributed by atoms with Crippen LogP contribution in [0.4, 0.5) is 0 Å². The zero-order chi connectivity index (χ0) is 70.3. The molecule has 0 fully saturated rings. The maximum atomic E-state index is 13.1. The lowest BCUT2D eigenvalue weighted by molar-refractivity contribution is -0.161. The molecule has 0 aliphatic heterocycles. The van der Waals surface area contributed by atoms with Crippen LogP contribution in [-0.2, 0) is 65.4 Å². The molecule has 0 aromatic rings. The molecule has 0 bridgehead atoms. The van der Waals surface area contributed by atoms with E-state index in [1.165, 1.54) is 180 Å². The Bertz CT molecular complexity index is 1870. The van der Waals surface area contributed by atoms with Crippen LogP contribution in [-0.4, -0.2) is 96.7 Å². The molecule has 3 N–H and O–H groups in total. The van der Waals surface area contributed by atoms with Crippen LogP contribution in [0.3, 0.4) is 0 Å². The number of unbranched alkanes of at least 4 members (excludes halogenated alkanes) is 37. The van der Waals surface area contributed by atoms with Gasteiger partial charge in [-0.25, -0.2) is 9.13 Å². The molecular formula is C76H148O17P2. The van der Waals surface area contributed by atoms with E-state index in [0.717, 1.165) is 120 Å². The van der Waals surface area contributed by atoms with E-state index in [9.17, 15) is 43.2 Å². The number of rotatable bonds is 73. The first-order valence-electron chi connectivity index (χ1n) is 39.3. The number of aliphatic hydroxyl groups excluding tert-OH is 1. The molecule has 0 spiro atoms. The highest BCUT2D eigenvalue weighted by Crippen LogP contribution is 2.45. The van der Waals surface area contributed by atoms with E-state index in [4.69, 9.17) is 37.0 Å². The zero-order valence-corrected chi connectivity index (χ0v) is 64.1. The Labute approximate surface area is 581 Å². The van der Waals surface area contributed by atoms with E-state index in [1.807, 2.05) is 0 Å². The highest BCUT2D eigenvalue weighted by molar-refractivity contribution is 7.47. The van der Waals surface area contributed by atoms with Crippen LogP contribution in [0.2, 0.25) is 0 Å². The van der Waals surface area contributed by atoms with Gasteiger partial charge in [0.1, 0.15) is 19.3 Å². The van der Waals surface area contributed by atoms with Gasteiger partial charge in [-0.15, -0.1) is 0 Å². The van der Waals surface area contributed by atoms with Crippen molar-refractivity contribution in [2.24, 2.45) is 23.7 Å². The summed E-state index contributed by atoms with van der Waals surface area (Å²) in [6, 6.07) is 0. The van der Waals surface area contributed by atoms with E-state index in [-0.39, 0.29) is 25.7 Å². The van der Waals surface area contributed by atoms with Gasteiger partial charge in [0.25, 0.3) is 0 Å². The second-order valence-electron chi connectivity index (χ2n) is 28.8. The molecule has 17 nitrogen and oxygen atoms in total. The van der Waals surface area contributed by atoms with Crippen molar-refractivity contribution in [1.29, 1.82) is 0 Å². The van der Waals surface area contributed by atoms with Crippen molar-refractivity contribution in [2.45, 2.75) is 401 Å². The van der Waals surface area contributed by atoms with Gasteiger partial charge in [-0.3, -0.25) is 37.3 Å². The third kappa shape index (κ3) is 67.6. The number of ether oxygens (including phenoxy) is 4. The van der Waals surface area contributed by atoms with Gasteiger partial charge in [0.15, 0.2) is 12.2 Å². The summed E-state index contributed by atoms with van der Waals surface area (Å²) >= 11 is 0. The standard InChI is InChI=1S/C76H148O17P2/c1-9-68(7)54-46-38-30-26-27-31-40-48-56-73(78)86-62-71(92-75(80)58-50-42-32-24-20-16-12-11-14-18-22-28-36-44-52-66(3)4)64-90-94(82,83)88-60-70(77)61-89-95(84,85)91-65-72(63-87-74(79)57-49-41-35-34-39-47-55-69(8)10-2)93-76(81)59-51-43-33-25-21-17-13-15-19-23-29-37-45-53-67(5)6/h66-72,77H,9-65H2,1-8H3,(H,82,83)(H,84,85)/t68?,69?,70-,71-,72-/m1/s1. The number of aliphatic hydroxyl groups is 1. The fourth-order valence-electron chi connectivity index (χ4n) is 11.5. The van der Waals surface area contributed by atoms with Crippen molar-refractivity contribution in [3.8, 4) is 0 Å². The van der Waals surface area contributed by atoms with Crippen molar-refractivity contribution < 1.29 is 80.2 Å². The number of phosphoric acid groups is 2. The number of hydrogen-bond donors (Lipinski definition) is 3. The fraction of sp³-hybridized carbons (Fsp3) is 0.947. The van der Waals surface area contributed by atoms with Crippen molar-refractivity contribution in [1.82, 2.24) is 0 Å². The van der Waals surface area contributed by atoms with Gasteiger partial charge in [-0.2, -0.15) is 0 Å². The quantitative estimate of drug-likeness (QED) is 0.0222. The summed E-state index contributed by atoms with van der Waals surface area (Å²) in [4.78, 5) is 72.8.